The molecule has 0 bridgehead atoms. The number of methoxy groups -OCH3 is 1. The summed E-state index contributed by atoms with van der Waals surface area (Å²) in [6.45, 7) is 0. The van der Waals surface area contributed by atoms with Crippen LogP contribution in [0, 0.1) is 10.1 Å². The molecule has 0 aliphatic carbocycles. The van der Waals surface area contributed by atoms with Crippen LogP contribution in [0.2, 0.25) is 0 Å². The van der Waals surface area contributed by atoms with E-state index in [0.717, 1.165) is 6.07 Å². The molecule has 1 heterocycles. The van der Waals surface area contributed by atoms with Crippen molar-refractivity contribution in [1.29, 1.82) is 0 Å². The molecule has 0 saturated carbocycles. The van der Waals surface area contributed by atoms with Crippen LogP contribution < -0.4 is 10.5 Å². The Balaban J connectivity index is 3.31. The van der Waals surface area contributed by atoms with Crippen molar-refractivity contribution in [2.24, 2.45) is 5.73 Å². The second-order valence-corrected chi connectivity index (χ2v) is 2.34. The SMILES string of the molecule is COc1ccc([N+](=O)[O-])c(C(N)=O)n1. The van der Waals surface area contributed by atoms with E-state index in [1.165, 1.54) is 13.2 Å². The summed E-state index contributed by atoms with van der Waals surface area (Å²) in [7, 11) is 1.33. The van der Waals surface area contributed by atoms with Gasteiger partial charge < -0.3 is 10.5 Å². The summed E-state index contributed by atoms with van der Waals surface area (Å²) in [6.07, 6.45) is 0. The van der Waals surface area contributed by atoms with Crippen molar-refractivity contribution in [3.63, 3.8) is 0 Å². The van der Waals surface area contributed by atoms with Gasteiger partial charge in [-0.25, -0.2) is 4.98 Å². The first-order chi connectivity index (χ1) is 6.56. The first-order valence-corrected chi connectivity index (χ1v) is 3.55. The van der Waals surface area contributed by atoms with Gasteiger partial charge in [-0.3, -0.25) is 14.9 Å². The lowest BCUT2D eigenvalue weighted by atomic mass is 10.3. The van der Waals surface area contributed by atoms with Crippen molar-refractivity contribution in [1.82, 2.24) is 4.98 Å². The number of nitrogens with two attached hydrogens (primary N) is 1. The molecule has 1 aromatic rings. The van der Waals surface area contributed by atoms with Gasteiger partial charge in [0, 0.05) is 12.1 Å². The summed E-state index contributed by atoms with van der Waals surface area (Å²) >= 11 is 0. The van der Waals surface area contributed by atoms with Gasteiger partial charge in [-0.1, -0.05) is 0 Å². The second-order valence-electron chi connectivity index (χ2n) is 2.34. The topological polar surface area (TPSA) is 108 Å². The molecule has 14 heavy (non-hydrogen) atoms. The van der Waals surface area contributed by atoms with E-state index in [-0.39, 0.29) is 5.88 Å². The molecule has 0 aliphatic heterocycles. The Bertz CT molecular complexity index is 391. The Morgan fingerprint density at radius 1 is 1.64 bits per heavy atom. The molecule has 2 N–H and O–H groups in total. The highest BCUT2D eigenvalue weighted by Gasteiger charge is 2.20. The van der Waals surface area contributed by atoms with E-state index in [0.29, 0.717) is 0 Å². The van der Waals surface area contributed by atoms with Crippen molar-refractivity contribution in [3.8, 4) is 5.88 Å². The molecule has 1 rings (SSSR count). The van der Waals surface area contributed by atoms with Crippen LogP contribution in [0.5, 0.6) is 5.88 Å². The Kier molecular flexibility index (Phi) is 2.61. The molecule has 1 amide bonds. The first kappa shape index (κ1) is 9.90. The van der Waals surface area contributed by atoms with Gasteiger partial charge in [0.05, 0.1) is 12.0 Å². The number of amides is 1. The minimum absolute atomic E-state index is 0.101. The molecule has 0 saturated heterocycles. The standard InChI is InChI=1S/C7H7N3O4/c1-14-5-3-2-4(10(12)13)6(9-5)7(8)11/h2-3H,1H3,(H2,8,11). The van der Waals surface area contributed by atoms with Crippen LogP contribution in [-0.4, -0.2) is 22.9 Å². The maximum absolute atomic E-state index is 10.8. The van der Waals surface area contributed by atoms with E-state index in [9.17, 15) is 14.9 Å². The molecule has 0 unspecified atom stereocenters. The van der Waals surface area contributed by atoms with E-state index in [1.807, 2.05) is 0 Å². The first-order valence-electron chi connectivity index (χ1n) is 3.55. The molecule has 7 nitrogen and oxygen atoms in total. The van der Waals surface area contributed by atoms with Crippen LogP contribution in [0.1, 0.15) is 10.5 Å². The number of rotatable bonds is 3. The van der Waals surface area contributed by atoms with Crippen molar-refractivity contribution < 1.29 is 14.5 Å². The molecule has 0 spiro atoms. The van der Waals surface area contributed by atoms with Gasteiger partial charge in [0.1, 0.15) is 0 Å². The fourth-order valence-electron chi connectivity index (χ4n) is 0.876. The number of hydrogen-bond acceptors (Lipinski definition) is 5. The van der Waals surface area contributed by atoms with E-state index in [2.05, 4.69) is 4.98 Å². The van der Waals surface area contributed by atoms with Gasteiger partial charge in [0.25, 0.3) is 5.91 Å². The molecule has 1 aromatic heterocycles. The number of pyridine rings is 1. The highest BCUT2D eigenvalue weighted by Crippen LogP contribution is 2.19. The van der Waals surface area contributed by atoms with Gasteiger partial charge in [0.2, 0.25) is 11.6 Å². The second kappa shape index (κ2) is 3.69. The predicted octanol–water partition coefficient (Wildman–Crippen LogP) is 0.0973. The fourth-order valence-corrected chi connectivity index (χ4v) is 0.876. The quantitative estimate of drug-likeness (QED) is 0.545. The molecule has 0 fully saturated rings. The van der Waals surface area contributed by atoms with Gasteiger partial charge in [-0.15, -0.1) is 0 Å². The lowest BCUT2D eigenvalue weighted by Gasteiger charge is -2.00. The average Bonchev–Trinajstić information content (AvgIpc) is 2.16. The lowest BCUT2D eigenvalue weighted by Crippen LogP contribution is -2.15. The monoisotopic (exact) mass is 197 g/mol. The molecule has 74 valence electrons. The van der Waals surface area contributed by atoms with Crippen LogP contribution in [0.25, 0.3) is 0 Å². The minimum atomic E-state index is -0.962. The van der Waals surface area contributed by atoms with Gasteiger partial charge in [-0.2, -0.15) is 0 Å². The number of aromatic nitrogens is 1. The summed E-state index contributed by atoms with van der Waals surface area (Å²) in [5.74, 6) is -0.861. The molecular formula is C7H7N3O4. The van der Waals surface area contributed by atoms with E-state index in [1.54, 1.807) is 0 Å². The number of nitro groups is 1. The van der Waals surface area contributed by atoms with Gasteiger partial charge in [-0.05, 0) is 0 Å². The number of carbonyl (C=O) groups excluding carboxylic acids is 1. The van der Waals surface area contributed by atoms with Gasteiger partial charge in [0.15, 0.2) is 0 Å². The average molecular weight is 197 g/mol. The Hall–Kier alpha value is -2.18. The maximum Gasteiger partial charge on any atom is 0.300 e. The van der Waals surface area contributed by atoms with E-state index >= 15 is 0 Å². The molecular weight excluding hydrogens is 190 g/mol. The lowest BCUT2D eigenvalue weighted by molar-refractivity contribution is -0.385. The zero-order valence-corrected chi connectivity index (χ0v) is 7.26. The van der Waals surface area contributed by atoms with E-state index in [4.69, 9.17) is 10.5 Å². The van der Waals surface area contributed by atoms with Crippen molar-refractivity contribution in [2.75, 3.05) is 7.11 Å². The number of ether oxygens (including phenoxy) is 1. The number of nitrogens with zero attached hydrogens (tertiary/aromatic N) is 2. The zero-order valence-electron chi connectivity index (χ0n) is 7.26. The molecule has 0 aromatic carbocycles. The molecule has 0 radical (unpaired) electrons. The normalized spacial score (nSPS) is 9.50. The summed E-state index contributed by atoms with van der Waals surface area (Å²) in [5.41, 5.74) is 4.07. The molecule has 0 atom stereocenters. The third-order valence-electron chi connectivity index (χ3n) is 1.49. The summed E-state index contributed by atoms with van der Waals surface area (Å²) in [4.78, 5) is 24.1. The fraction of sp³-hybridized carbons (Fsp3) is 0.143. The van der Waals surface area contributed by atoms with Crippen molar-refractivity contribution in [3.05, 3.63) is 27.9 Å². The summed E-state index contributed by atoms with van der Waals surface area (Å²) in [5, 5.41) is 10.4. The van der Waals surface area contributed by atoms with Crippen LogP contribution in [0.4, 0.5) is 5.69 Å². The number of carbonyl (C=O) groups is 1. The third-order valence-corrected chi connectivity index (χ3v) is 1.49. The van der Waals surface area contributed by atoms with Crippen LogP contribution in [0.3, 0.4) is 0 Å². The van der Waals surface area contributed by atoms with Crippen LogP contribution in [0.15, 0.2) is 12.1 Å². The minimum Gasteiger partial charge on any atom is -0.481 e. The highest BCUT2D eigenvalue weighted by atomic mass is 16.6. The van der Waals surface area contributed by atoms with Crippen LogP contribution >= 0.6 is 0 Å². The van der Waals surface area contributed by atoms with Gasteiger partial charge >= 0.3 is 5.69 Å². The smallest absolute Gasteiger partial charge is 0.300 e. The molecule has 0 aliphatic rings. The Labute approximate surface area is 78.6 Å². The van der Waals surface area contributed by atoms with Crippen LogP contribution in [-0.2, 0) is 0 Å². The maximum atomic E-state index is 10.8. The highest BCUT2D eigenvalue weighted by molar-refractivity contribution is 5.94. The van der Waals surface area contributed by atoms with Crippen molar-refractivity contribution >= 4 is 11.6 Å². The summed E-state index contributed by atoms with van der Waals surface area (Å²) < 4.78 is 4.70. The summed E-state index contributed by atoms with van der Waals surface area (Å²) in [6, 6.07) is 2.40. The predicted molar refractivity (Wildman–Crippen MR) is 46.0 cm³/mol. The largest absolute Gasteiger partial charge is 0.481 e. The Morgan fingerprint density at radius 2 is 2.29 bits per heavy atom. The third kappa shape index (κ3) is 1.76. The van der Waals surface area contributed by atoms with E-state index < -0.39 is 22.2 Å². The number of hydrogen-bond donors (Lipinski definition) is 1. The van der Waals surface area contributed by atoms with Crippen molar-refractivity contribution in [2.45, 2.75) is 0 Å². The molecule has 7 heteroatoms. The zero-order chi connectivity index (χ0) is 10.7. The number of primary amides is 1. The Morgan fingerprint density at radius 3 is 2.71 bits per heavy atom.